The van der Waals surface area contributed by atoms with E-state index in [-0.39, 0.29) is 24.4 Å². The number of carbonyl (C=O) groups excluding carboxylic acids is 2. The van der Waals surface area contributed by atoms with Crippen LogP contribution >= 0.6 is 12.4 Å². The predicted octanol–water partition coefficient (Wildman–Crippen LogP) is 1.41. The lowest BCUT2D eigenvalue weighted by molar-refractivity contribution is 0.0783. The number of carbonyl (C=O) groups is 2. The number of fused-ring (bicyclic) bond motifs is 1. The zero-order valence-electron chi connectivity index (χ0n) is 12.4. The zero-order valence-corrected chi connectivity index (χ0v) is 13.2. The summed E-state index contributed by atoms with van der Waals surface area (Å²) in [6.45, 7) is 1.50. The molecule has 3 atom stereocenters. The first-order valence-electron chi connectivity index (χ1n) is 7.51. The Labute approximate surface area is 136 Å². The van der Waals surface area contributed by atoms with Crippen LogP contribution in [0.2, 0.25) is 0 Å². The Morgan fingerprint density at radius 3 is 2.55 bits per heavy atom. The van der Waals surface area contributed by atoms with Crippen molar-refractivity contribution in [3.63, 3.8) is 0 Å². The highest BCUT2D eigenvalue weighted by molar-refractivity contribution is 5.99. The number of benzene rings is 1. The standard InChI is InChI=1S/C16H21N3O2.ClH/c17-14-6-2-5-12-8-19(9-13(12)14)16(21)11-4-1-3-10(7-11)15(18)20;/h1,3-4,7,12-14H,2,5-6,8-9,17H2,(H2,18,20);1H. The Morgan fingerprint density at radius 1 is 1.14 bits per heavy atom. The Balaban J connectivity index is 0.00000176. The van der Waals surface area contributed by atoms with Crippen LogP contribution in [0.1, 0.15) is 40.0 Å². The largest absolute Gasteiger partial charge is 0.366 e. The van der Waals surface area contributed by atoms with Gasteiger partial charge in [-0.25, -0.2) is 0 Å². The highest BCUT2D eigenvalue weighted by atomic mass is 35.5. The molecular formula is C16H22ClN3O2. The summed E-state index contributed by atoms with van der Waals surface area (Å²) in [5.41, 5.74) is 12.4. The molecule has 1 saturated carbocycles. The van der Waals surface area contributed by atoms with Gasteiger partial charge >= 0.3 is 0 Å². The Hall–Kier alpha value is -1.59. The van der Waals surface area contributed by atoms with Gasteiger partial charge in [0.15, 0.2) is 0 Å². The maximum absolute atomic E-state index is 12.6. The summed E-state index contributed by atoms with van der Waals surface area (Å²) in [6, 6.07) is 6.84. The van der Waals surface area contributed by atoms with Crippen molar-refractivity contribution < 1.29 is 9.59 Å². The number of nitrogens with zero attached hydrogens (tertiary/aromatic N) is 1. The second-order valence-corrected chi connectivity index (χ2v) is 6.17. The van der Waals surface area contributed by atoms with Crippen LogP contribution in [-0.4, -0.2) is 35.8 Å². The van der Waals surface area contributed by atoms with Gasteiger partial charge in [0.25, 0.3) is 5.91 Å². The number of primary amides is 1. The van der Waals surface area contributed by atoms with E-state index in [1.165, 1.54) is 0 Å². The van der Waals surface area contributed by atoms with Gasteiger partial charge in [0.1, 0.15) is 0 Å². The summed E-state index contributed by atoms with van der Waals surface area (Å²) in [5.74, 6) is 0.403. The number of amides is 2. The van der Waals surface area contributed by atoms with Crippen LogP contribution in [0.4, 0.5) is 0 Å². The second kappa shape index (κ2) is 6.67. The van der Waals surface area contributed by atoms with E-state index >= 15 is 0 Å². The third-order valence-corrected chi connectivity index (χ3v) is 4.84. The monoisotopic (exact) mass is 323 g/mol. The lowest BCUT2D eigenvalue weighted by Crippen LogP contribution is -2.38. The summed E-state index contributed by atoms with van der Waals surface area (Å²) in [4.78, 5) is 25.7. The lowest BCUT2D eigenvalue weighted by Gasteiger charge is -2.29. The maximum Gasteiger partial charge on any atom is 0.253 e. The SMILES string of the molecule is Cl.NC(=O)c1cccc(C(=O)N2CC3CCCC(N)C3C2)c1. The van der Waals surface area contributed by atoms with Crippen molar-refractivity contribution >= 4 is 24.2 Å². The van der Waals surface area contributed by atoms with Crippen molar-refractivity contribution in [2.24, 2.45) is 23.3 Å². The van der Waals surface area contributed by atoms with Crippen molar-refractivity contribution in [3.05, 3.63) is 35.4 Å². The van der Waals surface area contributed by atoms with Gasteiger partial charge in [-0.1, -0.05) is 12.5 Å². The van der Waals surface area contributed by atoms with E-state index in [4.69, 9.17) is 11.5 Å². The molecule has 0 spiro atoms. The van der Waals surface area contributed by atoms with Crippen LogP contribution in [0, 0.1) is 11.8 Å². The topological polar surface area (TPSA) is 89.4 Å². The average Bonchev–Trinajstić information content (AvgIpc) is 2.92. The van der Waals surface area contributed by atoms with Crippen LogP contribution in [0.3, 0.4) is 0 Å². The minimum atomic E-state index is -0.512. The third-order valence-electron chi connectivity index (χ3n) is 4.84. The molecule has 2 amide bonds. The van der Waals surface area contributed by atoms with Crippen molar-refractivity contribution in [1.82, 2.24) is 4.90 Å². The van der Waals surface area contributed by atoms with E-state index < -0.39 is 5.91 Å². The molecule has 2 aliphatic rings. The molecule has 2 fully saturated rings. The number of likely N-dealkylation sites (tertiary alicyclic amines) is 1. The van der Waals surface area contributed by atoms with E-state index in [9.17, 15) is 9.59 Å². The molecule has 1 saturated heterocycles. The van der Waals surface area contributed by atoms with E-state index in [0.29, 0.717) is 23.0 Å². The predicted molar refractivity (Wildman–Crippen MR) is 86.9 cm³/mol. The minimum Gasteiger partial charge on any atom is -0.366 e. The normalized spacial score (nSPS) is 27.0. The fourth-order valence-corrected chi connectivity index (χ4v) is 3.67. The third kappa shape index (κ3) is 3.10. The van der Waals surface area contributed by atoms with Crippen LogP contribution in [0.5, 0.6) is 0 Å². The molecule has 1 aliphatic carbocycles. The van der Waals surface area contributed by atoms with Crippen LogP contribution < -0.4 is 11.5 Å². The fourth-order valence-electron chi connectivity index (χ4n) is 3.67. The fraction of sp³-hybridized carbons (Fsp3) is 0.500. The van der Waals surface area contributed by atoms with E-state index in [0.717, 1.165) is 32.4 Å². The first kappa shape index (κ1) is 16.8. The van der Waals surface area contributed by atoms with Crippen molar-refractivity contribution in [3.8, 4) is 0 Å². The first-order valence-corrected chi connectivity index (χ1v) is 7.51. The minimum absolute atomic E-state index is 0. The smallest absolute Gasteiger partial charge is 0.253 e. The molecule has 3 rings (SSSR count). The highest BCUT2D eigenvalue weighted by Gasteiger charge is 2.40. The number of hydrogen-bond acceptors (Lipinski definition) is 3. The zero-order chi connectivity index (χ0) is 15.0. The highest BCUT2D eigenvalue weighted by Crippen LogP contribution is 2.36. The molecule has 5 nitrogen and oxygen atoms in total. The summed E-state index contributed by atoms with van der Waals surface area (Å²) in [5, 5.41) is 0. The summed E-state index contributed by atoms with van der Waals surface area (Å²) >= 11 is 0. The van der Waals surface area contributed by atoms with Gasteiger partial charge in [-0.2, -0.15) is 0 Å². The molecule has 1 heterocycles. The molecule has 0 bridgehead atoms. The maximum atomic E-state index is 12.6. The average molecular weight is 324 g/mol. The molecule has 0 aromatic heterocycles. The Bertz CT molecular complexity index is 578. The van der Waals surface area contributed by atoms with Crippen molar-refractivity contribution in [1.29, 1.82) is 0 Å². The Morgan fingerprint density at radius 2 is 1.86 bits per heavy atom. The quantitative estimate of drug-likeness (QED) is 0.862. The summed E-state index contributed by atoms with van der Waals surface area (Å²) in [6.07, 6.45) is 3.37. The van der Waals surface area contributed by atoms with Gasteiger partial charge in [-0.3, -0.25) is 9.59 Å². The van der Waals surface area contributed by atoms with E-state index in [1.54, 1.807) is 24.3 Å². The van der Waals surface area contributed by atoms with E-state index in [2.05, 4.69) is 0 Å². The van der Waals surface area contributed by atoms with Gasteiger partial charge in [0.2, 0.25) is 5.91 Å². The van der Waals surface area contributed by atoms with Gasteiger partial charge in [0, 0.05) is 30.3 Å². The van der Waals surface area contributed by atoms with Gasteiger partial charge < -0.3 is 16.4 Å². The number of halogens is 1. The summed E-state index contributed by atoms with van der Waals surface area (Å²) < 4.78 is 0. The molecule has 3 unspecified atom stereocenters. The van der Waals surface area contributed by atoms with Crippen molar-refractivity contribution in [2.75, 3.05) is 13.1 Å². The second-order valence-electron chi connectivity index (χ2n) is 6.17. The van der Waals surface area contributed by atoms with Gasteiger partial charge in [0.05, 0.1) is 0 Å². The first-order chi connectivity index (χ1) is 10.1. The van der Waals surface area contributed by atoms with Crippen LogP contribution in [0.15, 0.2) is 24.3 Å². The molecule has 1 aliphatic heterocycles. The molecule has 120 valence electrons. The molecule has 22 heavy (non-hydrogen) atoms. The molecular weight excluding hydrogens is 302 g/mol. The number of hydrogen-bond donors (Lipinski definition) is 2. The van der Waals surface area contributed by atoms with E-state index in [1.807, 2.05) is 4.90 Å². The molecule has 1 aromatic carbocycles. The van der Waals surface area contributed by atoms with Gasteiger partial charge in [-0.05, 0) is 42.9 Å². The molecule has 4 N–H and O–H groups in total. The number of rotatable bonds is 2. The summed E-state index contributed by atoms with van der Waals surface area (Å²) in [7, 11) is 0. The van der Waals surface area contributed by atoms with Crippen molar-refractivity contribution in [2.45, 2.75) is 25.3 Å². The van der Waals surface area contributed by atoms with Crippen LogP contribution in [0.25, 0.3) is 0 Å². The molecule has 6 heteroatoms. The molecule has 1 aromatic rings. The van der Waals surface area contributed by atoms with Gasteiger partial charge in [-0.15, -0.1) is 12.4 Å². The lowest BCUT2D eigenvalue weighted by atomic mass is 9.78. The molecule has 0 radical (unpaired) electrons. The number of nitrogens with two attached hydrogens (primary N) is 2. The van der Waals surface area contributed by atoms with Crippen LogP contribution in [-0.2, 0) is 0 Å². The Kier molecular flexibility index (Phi) is 5.08.